The lowest BCUT2D eigenvalue weighted by molar-refractivity contribution is -0.122. The Morgan fingerprint density at radius 3 is 2.68 bits per heavy atom. The summed E-state index contributed by atoms with van der Waals surface area (Å²) in [6, 6.07) is 20.6. The number of fused-ring (bicyclic) bond motifs is 1. The molecule has 2 atom stereocenters. The summed E-state index contributed by atoms with van der Waals surface area (Å²) < 4.78 is 11.5. The number of benzene rings is 3. The molecule has 0 spiro atoms. The van der Waals surface area contributed by atoms with Crippen LogP contribution >= 0.6 is 0 Å². The highest BCUT2D eigenvalue weighted by atomic mass is 16.5. The third kappa shape index (κ3) is 5.03. The van der Waals surface area contributed by atoms with Crippen LogP contribution in [0, 0.1) is 0 Å². The fourth-order valence-electron chi connectivity index (χ4n) is 3.67. The van der Waals surface area contributed by atoms with Gasteiger partial charge in [0, 0.05) is 18.5 Å². The highest BCUT2D eigenvalue weighted by Crippen LogP contribution is 2.26. The maximum Gasteiger partial charge on any atom is 0.265 e. The first-order valence-electron chi connectivity index (χ1n) is 10.6. The Labute approximate surface area is 181 Å². The van der Waals surface area contributed by atoms with Gasteiger partial charge in [0.05, 0.1) is 17.4 Å². The fraction of sp³-hybridized carbons (Fsp3) is 0.280. The van der Waals surface area contributed by atoms with Gasteiger partial charge >= 0.3 is 0 Å². The van der Waals surface area contributed by atoms with Crippen LogP contribution in [0.25, 0.3) is 10.8 Å². The molecule has 160 valence electrons. The third-order valence-corrected chi connectivity index (χ3v) is 5.37. The Bertz CT molecular complexity index is 1070. The van der Waals surface area contributed by atoms with Crippen LogP contribution in [0.3, 0.4) is 0 Å². The largest absolute Gasteiger partial charge is 0.480 e. The van der Waals surface area contributed by atoms with Crippen LogP contribution in [0.5, 0.6) is 5.75 Å². The molecule has 0 saturated carbocycles. The lowest BCUT2D eigenvalue weighted by atomic mass is 10.1. The Balaban J connectivity index is 1.42. The van der Waals surface area contributed by atoms with Crippen molar-refractivity contribution in [1.82, 2.24) is 5.32 Å². The zero-order valence-corrected chi connectivity index (χ0v) is 17.5. The number of ether oxygens (including phenoxy) is 2. The maximum atomic E-state index is 12.8. The molecule has 0 unspecified atom stereocenters. The van der Waals surface area contributed by atoms with Crippen LogP contribution in [0.1, 0.15) is 30.1 Å². The van der Waals surface area contributed by atoms with E-state index < -0.39 is 6.10 Å². The van der Waals surface area contributed by atoms with E-state index in [4.69, 9.17) is 9.47 Å². The standard InChI is InChI=1S/C25H26N2O4/c1-17(31-23-14-6-9-18-8-2-3-11-20(18)23)24(28)27-22-13-5-4-12-21(22)25(29)26-16-19-10-7-15-30-19/h2-6,8-9,11-14,17,19H,7,10,15-16H2,1H3,(H,26,29)(H,27,28)/t17-,19+/m0/s1. The average Bonchev–Trinajstić information content (AvgIpc) is 3.32. The number of amides is 2. The first-order valence-corrected chi connectivity index (χ1v) is 10.6. The summed E-state index contributed by atoms with van der Waals surface area (Å²) in [6.45, 7) is 2.89. The van der Waals surface area contributed by atoms with Crippen molar-refractivity contribution in [1.29, 1.82) is 0 Å². The van der Waals surface area contributed by atoms with Crippen LogP contribution in [0.4, 0.5) is 5.69 Å². The van der Waals surface area contributed by atoms with Gasteiger partial charge in [-0.1, -0.05) is 48.5 Å². The Morgan fingerprint density at radius 2 is 1.84 bits per heavy atom. The molecule has 1 heterocycles. The van der Waals surface area contributed by atoms with Crippen LogP contribution < -0.4 is 15.4 Å². The van der Waals surface area contributed by atoms with Crippen molar-refractivity contribution in [2.75, 3.05) is 18.5 Å². The molecular formula is C25H26N2O4. The first-order chi connectivity index (χ1) is 15.1. The quantitative estimate of drug-likeness (QED) is 0.604. The number of para-hydroxylation sites is 1. The monoisotopic (exact) mass is 418 g/mol. The third-order valence-electron chi connectivity index (χ3n) is 5.37. The van der Waals surface area contributed by atoms with E-state index >= 15 is 0 Å². The Morgan fingerprint density at radius 1 is 1.06 bits per heavy atom. The molecule has 0 aliphatic carbocycles. The summed E-state index contributed by atoms with van der Waals surface area (Å²) >= 11 is 0. The van der Waals surface area contributed by atoms with E-state index in [1.165, 1.54) is 0 Å². The summed E-state index contributed by atoms with van der Waals surface area (Å²) in [4.78, 5) is 25.5. The Hall–Kier alpha value is -3.38. The van der Waals surface area contributed by atoms with Crippen molar-refractivity contribution < 1.29 is 19.1 Å². The summed E-state index contributed by atoms with van der Waals surface area (Å²) in [7, 11) is 0. The van der Waals surface area contributed by atoms with Crippen LogP contribution in [-0.2, 0) is 9.53 Å². The van der Waals surface area contributed by atoms with E-state index in [0.29, 0.717) is 23.5 Å². The lowest BCUT2D eigenvalue weighted by Crippen LogP contribution is -2.34. The lowest BCUT2D eigenvalue weighted by Gasteiger charge is -2.18. The molecule has 0 bridgehead atoms. The summed E-state index contributed by atoms with van der Waals surface area (Å²) in [5.74, 6) is 0.0738. The van der Waals surface area contributed by atoms with E-state index in [0.717, 1.165) is 30.2 Å². The van der Waals surface area contributed by atoms with Crippen molar-refractivity contribution >= 4 is 28.3 Å². The molecule has 6 nitrogen and oxygen atoms in total. The molecule has 2 amide bonds. The fourth-order valence-corrected chi connectivity index (χ4v) is 3.67. The molecule has 1 fully saturated rings. The SMILES string of the molecule is C[C@H](Oc1cccc2ccccc12)C(=O)Nc1ccccc1C(=O)NC[C@H]1CCCO1. The highest BCUT2D eigenvalue weighted by molar-refractivity contribution is 6.04. The van der Waals surface area contributed by atoms with Gasteiger partial charge in [0.25, 0.3) is 11.8 Å². The predicted molar refractivity (Wildman–Crippen MR) is 120 cm³/mol. The van der Waals surface area contributed by atoms with Crippen LogP contribution in [0.2, 0.25) is 0 Å². The van der Waals surface area contributed by atoms with Crippen LogP contribution in [0.15, 0.2) is 66.7 Å². The van der Waals surface area contributed by atoms with Gasteiger partial charge in [-0.25, -0.2) is 0 Å². The minimum Gasteiger partial charge on any atom is -0.480 e. The van der Waals surface area contributed by atoms with Crippen molar-refractivity contribution in [2.45, 2.75) is 32.0 Å². The minimum atomic E-state index is -0.742. The van der Waals surface area contributed by atoms with Gasteiger partial charge in [0.15, 0.2) is 6.10 Å². The molecule has 6 heteroatoms. The van der Waals surface area contributed by atoms with Gasteiger partial charge in [0.1, 0.15) is 5.75 Å². The molecular weight excluding hydrogens is 392 g/mol. The number of hydrogen-bond acceptors (Lipinski definition) is 4. The molecule has 1 saturated heterocycles. The van der Waals surface area contributed by atoms with Gasteiger partial charge < -0.3 is 20.1 Å². The normalized spacial score (nSPS) is 16.6. The van der Waals surface area contributed by atoms with Gasteiger partial charge in [-0.3, -0.25) is 9.59 Å². The zero-order chi connectivity index (χ0) is 21.6. The summed E-state index contributed by atoms with van der Waals surface area (Å²) in [5.41, 5.74) is 0.858. The molecule has 1 aliphatic heterocycles. The molecule has 3 aromatic rings. The molecule has 0 aromatic heterocycles. The van der Waals surface area contributed by atoms with Gasteiger partial charge in [-0.05, 0) is 43.4 Å². The number of rotatable bonds is 7. The smallest absolute Gasteiger partial charge is 0.265 e. The number of carbonyl (C=O) groups excluding carboxylic acids is 2. The number of carbonyl (C=O) groups is 2. The second-order valence-electron chi connectivity index (χ2n) is 7.62. The number of nitrogens with one attached hydrogen (secondary N) is 2. The Kier molecular flexibility index (Phi) is 6.48. The molecule has 2 N–H and O–H groups in total. The van der Waals surface area contributed by atoms with E-state index in [2.05, 4.69) is 10.6 Å². The van der Waals surface area contributed by atoms with Crippen molar-refractivity contribution in [2.24, 2.45) is 0 Å². The van der Waals surface area contributed by atoms with Crippen molar-refractivity contribution in [3.63, 3.8) is 0 Å². The zero-order valence-electron chi connectivity index (χ0n) is 17.5. The average molecular weight is 418 g/mol. The predicted octanol–water partition coefficient (Wildman–Crippen LogP) is 4.15. The molecule has 0 radical (unpaired) electrons. The van der Waals surface area contributed by atoms with E-state index in [1.54, 1.807) is 31.2 Å². The van der Waals surface area contributed by atoms with Crippen molar-refractivity contribution in [3.05, 3.63) is 72.3 Å². The van der Waals surface area contributed by atoms with Crippen LogP contribution in [-0.4, -0.2) is 37.2 Å². The molecule has 4 rings (SSSR count). The van der Waals surface area contributed by atoms with Gasteiger partial charge in [-0.15, -0.1) is 0 Å². The first kappa shape index (κ1) is 20.9. The van der Waals surface area contributed by atoms with E-state index in [9.17, 15) is 9.59 Å². The molecule has 1 aliphatic rings. The summed E-state index contributed by atoms with van der Waals surface area (Å²) in [5, 5.41) is 7.71. The highest BCUT2D eigenvalue weighted by Gasteiger charge is 2.21. The molecule has 3 aromatic carbocycles. The minimum absolute atomic E-state index is 0.0554. The van der Waals surface area contributed by atoms with E-state index in [-0.39, 0.29) is 17.9 Å². The topological polar surface area (TPSA) is 76.7 Å². The number of anilines is 1. The number of hydrogen-bond donors (Lipinski definition) is 2. The van der Waals surface area contributed by atoms with E-state index in [1.807, 2.05) is 42.5 Å². The summed E-state index contributed by atoms with van der Waals surface area (Å²) in [6.07, 6.45) is 1.28. The van der Waals surface area contributed by atoms with Gasteiger partial charge in [-0.2, -0.15) is 0 Å². The second kappa shape index (κ2) is 9.62. The van der Waals surface area contributed by atoms with Gasteiger partial charge in [0.2, 0.25) is 0 Å². The molecule has 31 heavy (non-hydrogen) atoms. The maximum absolute atomic E-state index is 12.8. The second-order valence-corrected chi connectivity index (χ2v) is 7.62. The van der Waals surface area contributed by atoms with Crippen molar-refractivity contribution in [3.8, 4) is 5.75 Å².